The molecule has 1 heterocycles. The van der Waals surface area contributed by atoms with E-state index in [9.17, 15) is 9.59 Å². The second kappa shape index (κ2) is 7.97. The van der Waals surface area contributed by atoms with Crippen LogP contribution in [0.4, 0.5) is 17.1 Å². The van der Waals surface area contributed by atoms with E-state index in [2.05, 4.69) is 27.8 Å². The lowest BCUT2D eigenvalue weighted by molar-refractivity contribution is -0.113. The lowest BCUT2D eigenvalue weighted by atomic mass is 10.1. The van der Waals surface area contributed by atoms with Crippen molar-refractivity contribution >= 4 is 56.6 Å². The highest BCUT2D eigenvalue weighted by Crippen LogP contribution is 2.36. The van der Waals surface area contributed by atoms with Crippen LogP contribution >= 0.6 is 11.8 Å². The first kappa shape index (κ1) is 19.0. The van der Waals surface area contributed by atoms with E-state index < -0.39 is 5.97 Å². The molecule has 0 fully saturated rings. The van der Waals surface area contributed by atoms with Gasteiger partial charge in [-0.25, -0.2) is 9.79 Å². The molecule has 0 unspecified atom stereocenters. The highest BCUT2D eigenvalue weighted by atomic mass is 32.2. The Balaban J connectivity index is 1.45. The third-order valence-electron chi connectivity index (χ3n) is 4.62. The number of nitrogens with zero attached hydrogens (tertiary/aromatic N) is 1. The number of aryl methyl sites for hydroxylation is 1. The predicted molar refractivity (Wildman–Crippen MR) is 118 cm³/mol. The summed E-state index contributed by atoms with van der Waals surface area (Å²) in [5, 5.41) is 9.03. The van der Waals surface area contributed by atoms with Gasteiger partial charge in [-0.15, -0.1) is 0 Å². The van der Waals surface area contributed by atoms with E-state index in [-0.39, 0.29) is 11.7 Å². The number of hydrogen-bond donors (Lipinski definition) is 2. The zero-order valence-electron chi connectivity index (χ0n) is 16.0. The molecule has 0 saturated heterocycles. The molecule has 0 spiro atoms. The molecule has 7 heteroatoms. The summed E-state index contributed by atoms with van der Waals surface area (Å²) >= 11 is 1.33. The number of methoxy groups -OCH3 is 1. The van der Waals surface area contributed by atoms with Crippen molar-refractivity contribution in [2.45, 2.75) is 6.92 Å². The van der Waals surface area contributed by atoms with Crippen molar-refractivity contribution in [2.75, 3.05) is 23.5 Å². The Morgan fingerprint density at radius 3 is 2.72 bits per heavy atom. The van der Waals surface area contributed by atoms with E-state index in [0.717, 1.165) is 27.7 Å². The number of anilines is 2. The Kier molecular flexibility index (Phi) is 5.22. The van der Waals surface area contributed by atoms with Crippen molar-refractivity contribution in [1.82, 2.24) is 0 Å². The van der Waals surface area contributed by atoms with Gasteiger partial charge in [0.2, 0.25) is 5.91 Å². The first-order valence-corrected chi connectivity index (χ1v) is 10.0. The van der Waals surface area contributed by atoms with Crippen LogP contribution in [0.1, 0.15) is 15.9 Å². The number of benzene rings is 3. The maximum Gasteiger partial charge on any atom is 0.337 e. The van der Waals surface area contributed by atoms with E-state index in [1.54, 1.807) is 18.2 Å². The lowest BCUT2D eigenvalue weighted by Crippen LogP contribution is -2.19. The van der Waals surface area contributed by atoms with Crippen LogP contribution in [0.2, 0.25) is 0 Å². The van der Waals surface area contributed by atoms with Crippen LogP contribution in [-0.4, -0.2) is 29.9 Å². The van der Waals surface area contributed by atoms with Gasteiger partial charge in [0.25, 0.3) is 0 Å². The smallest absolute Gasteiger partial charge is 0.337 e. The van der Waals surface area contributed by atoms with Crippen molar-refractivity contribution in [3.63, 3.8) is 0 Å². The number of hydrogen-bond acceptors (Lipinski definition) is 6. The molecule has 29 heavy (non-hydrogen) atoms. The summed E-state index contributed by atoms with van der Waals surface area (Å²) in [5.41, 5.74) is 3.72. The van der Waals surface area contributed by atoms with Crippen molar-refractivity contribution in [3.8, 4) is 0 Å². The van der Waals surface area contributed by atoms with Crippen LogP contribution in [0, 0.1) is 6.92 Å². The van der Waals surface area contributed by atoms with Gasteiger partial charge in [-0.3, -0.25) is 4.79 Å². The molecule has 0 aliphatic carbocycles. The molecule has 3 aromatic rings. The number of carbonyl (C=O) groups excluding carboxylic acids is 2. The molecular formula is C22H19N3O3S. The molecule has 1 amide bonds. The molecule has 0 bridgehead atoms. The number of amidine groups is 1. The summed E-state index contributed by atoms with van der Waals surface area (Å²) in [4.78, 5) is 28.8. The first-order valence-electron chi connectivity index (χ1n) is 9.04. The number of nitrogens with one attached hydrogen (secondary N) is 2. The summed E-state index contributed by atoms with van der Waals surface area (Å²) in [5.74, 6) is -0.434. The monoisotopic (exact) mass is 405 g/mol. The Morgan fingerprint density at radius 1 is 1.14 bits per heavy atom. The van der Waals surface area contributed by atoms with E-state index in [1.807, 2.05) is 31.2 Å². The van der Waals surface area contributed by atoms with Crippen molar-refractivity contribution < 1.29 is 14.3 Å². The van der Waals surface area contributed by atoms with E-state index in [4.69, 9.17) is 4.74 Å². The molecular weight excluding hydrogens is 386 g/mol. The standard InChI is InChI=1S/C22H19N3O3S/c1-13-9-10-15(21(27)28-2)11-18(13)23-19(26)12-29-22-24-16-7-3-5-14-6-4-8-17(25-22)20(14)16/h3-11H,12H2,1-2H3,(H,23,26)(H,24,25). The number of ether oxygens (including phenoxy) is 1. The zero-order valence-corrected chi connectivity index (χ0v) is 16.8. The highest BCUT2D eigenvalue weighted by molar-refractivity contribution is 8.14. The average molecular weight is 405 g/mol. The molecule has 1 aliphatic rings. The number of aliphatic imine (C=N–C) groups is 1. The van der Waals surface area contributed by atoms with Gasteiger partial charge < -0.3 is 15.4 Å². The topological polar surface area (TPSA) is 79.8 Å². The van der Waals surface area contributed by atoms with Crippen LogP contribution in [0.3, 0.4) is 0 Å². The van der Waals surface area contributed by atoms with Gasteiger partial charge in [0.05, 0.1) is 29.8 Å². The normalized spacial score (nSPS) is 12.1. The van der Waals surface area contributed by atoms with E-state index in [0.29, 0.717) is 16.4 Å². The summed E-state index contributed by atoms with van der Waals surface area (Å²) in [6, 6.07) is 17.1. The predicted octanol–water partition coefficient (Wildman–Crippen LogP) is 4.72. The number of carbonyl (C=O) groups is 2. The van der Waals surface area contributed by atoms with Gasteiger partial charge in [-0.1, -0.05) is 42.1 Å². The summed E-state index contributed by atoms with van der Waals surface area (Å²) in [6.07, 6.45) is 0. The van der Waals surface area contributed by atoms with Crippen LogP contribution in [0.5, 0.6) is 0 Å². The van der Waals surface area contributed by atoms with Gasteiger partial charge in [0.1, 0.15) is 0 Å². The van der Waals surface area contributed by atoms with Crippen LogP contribution in [-0.2, 0) is 9.53 Å². The molecule has 0 saturated carbocycles. The minimum atomic E-state index is -0.441. The molecule has 0 aromatic heterocycles. The molecule has 0 radical (unpaired) electrons. The van der Waals surface area contributed by atoms with E-state index >= 15 is 0 Å². The minimum absolute atomic E-state index is 0.179. The summed E-state index contributed by atoms with van der Waals surface area (Å²) < 4.78 is 4.74. The Morgan fingerprint density at radius 2 is 1.93 bits per heavy atom. The highest BCUT2D eigenvalue weighted by Gasteiger charge is 2.16. The van der Waals surface area contributed by atoms with Crippen LogP contribution in [0.25, 0.3) is 10.8 Å². The molecule has 4 rings (SSSR count). The van der Waals surface area contributed by atoms with Gasteiger partial charge in [-0.05, 0) is 42.1 Å². The lowest BCUT2D eigenvalue weighted by Gasteiger charge is -2.18. The van der Waals surface area contributed by atoms with Crippen molar-refractivity contribution in [1.29, 1.82) is 0 Å². The fraction of sp³-hybridized carbons (Fsp3) is 0.136. The zero-order chi connectivity index (χ0) is 20.4. The second-order valence-electron chi connectivity index (χ2n) is 6.58. The number of rotatable bonds is 4. The largest absolute Gasteiger partial charge is 0.465 e. The fourth-order valence-electron chi connectivity index (χ4n) is 3.16. The Bertz CT molecular complexity index is 1150. The molecule has 3 aromatic carbocycles. The van der Waals surface area contributed by atoms with Gasteiger partial charge in [-0.2, -0.15) is 0 Å². The maximum atomic E-state index is 12.5. The maximum absolute atomic E-state index is 12.5. The van der Waals surface area contributed by atoms with Crippen LogP contribution < -0.4 is 10.6 Å². The van der Waals surface area contributed by atoms with Crippen LogP contribution in [0.15, 0.2) is 59.6 Å². The second-order valence-corrected chi connectivity index (χ2v) is 7.54. The number of esters is 1. The van der Waals surface area contributed by atoms with Gasteiger partial charge >= 0.3 is 5.97 Å². The van der Waals surface area contributed by atoms with Gasteiger partial charge in [0.15, 0.2) is 5.17 Å². The van der Waals surface area contributed by atoms with Crippen molar-refractivity contribution in [3.05, 3.63) is 65.7 Å². The molecule has 2 N–H and O–H groups in total. The minimum Gasteiger partial charge on any atom is -0.465 e. The summed E-state index contributed by atoms with van der Waals surface area (Å²) in [7, 11) is 1.33. The number of amides is 1. The third kappa shape index (κ3) is 3.95. The first-order chi connectivity index (χ1) is 14.0. The summed E-state index contributed by atoms with van der Waals surface area (Å²) in [6.45, 7) is 1.87. The molecule has 146 valence electrons. The SMILES string of the molecule is COC(=O)c1ccc(C)c(NC(=O)CSC2=Nc3cccc4cccc(c34)N2)c1. The molecule has 6 nitrogen and oxygen atoms in total. The van der Waals surface area contributed by atoms with Gasteiger partial charge in [0, 0.05) is 11.1 Å². The fourth-order valence-corrected chi connectivity index (χ4v) is 3.85. The van der Waals surface area contributed by atoms with Crippen molar-refractivity contribution in [2.24, 2.45) is 4.99 Å². The number of thioether (sulfide) groups is 1. The molecule has 0 atom stereocenters. The average Bonchev–Trinajstić information content (AvgIpc) is 2.73. The Hall–Kier alpha value is -3.32. The Labute approximate surface area is 172 Å². The quantitative estimate of drug-likeness (QED) is 0.614. The third-order valence-corrected chi connectivity index (χ3v) is 5.49. The molecule has 1 aliphatic heterocycles. The van der Waals surface area contributed by atoms with E-state index in [1.165, 1.54) is 18.9 Å².